The Morgan fingerprint density at radius 2 is 1.76 bits per heavy atom. The van der Waals surface area contributed by atoms with Crippen LogP contribution in [0.4, 0.5) is 21.6 Å². The molecular weight excluding hydrogens is 489 g/mol. The number of hydrogen-bond donors (Lipinski definition) is 2. The van der Waals surface area contributed by atoms with Gasteiger partial charge >= 0.3 is 0 Å². The number of carbonyl (C=O) groups is 2. The maximum atomic E-state index is 14.9. The number of rotatable bonds is 10. The van der Waals surface area contributed by atoms with Gasteiger partial charge in [0, 0.05) is 44.2 Å². The number of halogens is 1. The first-order valence-corrected chi connectivity index (χ1v) is 12.5. The summed E-state index contributed by atoms with van der Waals surface area (Å²) in [6.45, 7) is 7.42. The molecule has 0 aliphatic heterocycles. The third-order valence-corrected chi connectivity index (χ3v) is 6.28. The zero-order valence-corrected chi connectivity index (χ0v) is 22.4. The Labute approximate surface area is 221 Å². The largest absolute Gasteiger partial charge is 0.491 e. The van der Waals surface area contributed by atoms with E-state index in [2.05, 4.69) is 41.4 Å². The molecule has 0 saturated heterocycles. The summed E-state index contributed by atoms with van der Waals surface area (Å²) in [7, 11) is 3.31. The molecular formula is C28H34FN5O4. The summed E-state index contributed by atoms with van der Waals surface area (Å²) in [5.74, 6) is -0.298. The lowest BCUT2D eigenvalue weighted by Gasteiger charge is -2.29. The highest BCUT2D eigenvalue weighted by Crippen LogP contribution is 2.48. The molecule has 1 heterocycles. The Hall–Kier alpha value is -3.79. The van der Waals surface area contributed by atoms with Crippen LogP contribution in [0.15, 0.2) is 42.7 Å². The highest BCUT2D eigenvalue weighted by Gasteiger charge is 2.57. The molecule has 1 aromatic heterocycles. The molecule has 0 atom stereocenters. The van der Waals surface area contributed by atoms with Crippen LogP contribution in [0.25, 0.3) is 10.9 Å². The van der Waals surface area contributed by atoms with Gasteiger partial charge in [0.05, 0.1) is 17.5 Å². The van der Waals surface area contributed by atoms with Crippen LogP contribution in [-0.4, -0.2) is 60.6 Å². The zero-order chi connectivity index (χ0) is 27.5. The van der Waals surface area contributed by atoms with Crippen molar-refractivity contribution in [1.29, 1.82) is 0 Å². The van der Waals surface area contributed by atoms with E-state index in [0.29, 0.717) is 61.1 Å². The minimum absolute atomic E-state index is 0.0577. The second-order valence-corrected chi connectivity index (χ2v) is 10.8. The monoisotopic (exact) mass is 523 g/mol. The predicted octanol–water partition coefficient (Wildman–Crippen LogP) is 4.76. The smallest absolute Gasteiger partial charge is 0.240 e. The predicted molar refractivity (Wildman–Crippen MR) is 144 cm³/mol. The van der Waals surface area contributed by atoms with Gasteiger partial charge in [-0.2, -0.15) is 0 Å². The second-order valence-electron chi connectivity index (χ2n) is 10.8. The van der Waals surface area contributed by atoms with E-state index in [1.165, 1.54) is 12.4 Å². The Balaban J connectivity index is 1.44. The number of ether oxygens (including phenoxy) is 2. The summed E-state index contributed by atoms with van der Waals surface area (Å²) in [5, 5.41) is 6.22. The maximum absolute atomic E-state index is 14.9. The number of fused-ring (bicyclic) bond motifs is 1. The minimum atomic E-state index is -1.000. The lowest BCUT2D eigenvalue weighted by molar-refractivity contribution is -0.142. The lowest BCUT2D eigenvalue weighted by Crippen LogP contribution is -2.44. The van der Waals surface area contributed by atoms with E-state index in [4.69, 9.17) is 9.47 Å². The van der Waals surface area contributed by atoms with Crippen molar-refractivity contribution in [2.24, 2.45) is 10.8 Å². The molecule has 2 amide bonds. The summed E-state index contributed by atoms with van der Waals surface area (Å²) in [6, 6.07) is 9.88. The van der Waals surface area contributed by atoms with E-state index < -0.39 is 11.2 Å². The topological polar surface area (TPSA) is 106 Å². The van der Waals surface area contributed by atoms with Crippen molar-refractivity contribution in [1.82, 2.24) is 14.9 Å². The summed E-state index contributed by atoms with van der Waals surface area (Å²) in [6.07, 6.45) is 2.43. The first kappa shape index (κ1) is 27.3. The van der Waals surface area contributed by atoms with Crippen LogP contribution in [0.3, 0.4) is 0 Å². The van der Waals surface area contributed by atoms with Gasteiger partial charge in [0.2, 0.25) is 11.8 Å². The number of amides is 2. The molecule has 0 unspecified atom stereocenters. The first-order valence-electron chi connectivity index (χ1n) is 12.5. The molecule has 2 N–H and O–H groups in total. The molecule has 0 bridgehead atoms. The van der Waals surface area contributed by atoms with Crippen molar-refractivity contribution < 1.29 is 23.5 Å². The average molecular weight is 524 g/mol. The number of hydrogen-bond acceptors (Lipinski definition) is 7. The van der Waals surface area contributed by atoms with Gasteiger partial charge in [0.25, 0.3) is 0 Å². The van der Waals surface area contributed by atoms with Crippen molar-refractivity contribution in [3.05, 3.63) is 48.5 Å². The number of carbonyl (C=O) groups excluding carboxylic acids is 2. The zero-order valence-electron chi connectivity index (χ0n) is 22.4. The van der Waals surface area contributed by atoms with E-state index in [1.807, 2.05) is 0 Å². The van der Waals surface area contributed by atoms with E-state index in [0.717, 1.165) is 0 Å². The van der Waals surface area contributed by atoms with E-state index in [9.17, 15) is 14.0 Å². The van der Waals surface area contributed by atoms with Crippen molar-refractivity contribution in [2.45, 2.75) is 33.6 Å². The summed E-state index contributed by atoms with van der Waals surface area (Å²) < 4.78 is 25.4. The Morgan fingerprint density at radius 3 is 2.39 bits per heavy atom. The molecule has 9 nitrogen and oxygen atoms in total. The molecule has 10 heteroatoms. The molecule has 202 valence electrons. The van der Waals surface area contributed by atoms with E-state index in [1.54, 1.807) is 49.4 Å². The Kier molecular flexibility index (Phi) is 7.82. The summed E-state index contributed by atoms with van der Waals surface area (Å²) in [4.78, 5) is 36.1. The number of aromatic nitrogens is 2. The van der Waals surface area contributed by atoms with Crippen LogP contribution in [0.5, 0.6) is 5.75 Å². The number of methoxy groups -OCH3 is 1. The van der Waals surface area contributed by atoms with Gasteiger partial charge < -0.3 is 25.0 Å². The van der Waals surface area contributed by atoms with Crippen LogP contribution in [0.2, 0.25) is 0 Å². The molecule has 0 spiro atoms. The number of anilines is 3. The fourth-order valence-electron chi connectivity index (χ4n) is 4.37. The molecule has 2 aromatic carbocycles. The van der Waals surface area contributed by atoms with Gasteiger partial charge in [0.1, 0.15) is 35.7 Å². The van der Waals surface area contributed by atoms with Crippen LogP contribution in [-0.2, 0) is 14.3 Å². The quantitative estimate of drug-likeness (QED) is 0.292. The fourth-order valence-corrected chi connectivity index (χ4v) is 4.37. The SMILES string of the molecule is COCCOc1cc(F)c2c(Nc3ccc(NC(=O)C4(C(=O)N(C)CC(C)(C)C)CC4)cc3)ncnc2c1. The van der Waals surface area contributed by atoms with Gasteiger partial charge in [-0.25, -0.2) is 14.4 Å². The normalized spacial score (nSPS) is 14.2. The highest BCUT2D eigenvalue weighted by atomic mass is 19.1. The third kappa shape index (κ3) is 6.19. The molecule has 4 rings (SSSR count). The Bertz CT molecular complexity index is 1320. The summed E-state index contributed by atoms with van der Waals surface area (Å²) >= 11 is 0. The molecule has 3 aromatic rings. The van der Waals surface area contributed by atoms with Crippen molar-refractivity contribution >= 4 is 39.9 Å². The molecule has 38 heavy (non-hydrogen) atoms. The lowest BCUT2D eigenvalue weighted by atomic mass is 9.95. The maximum Gasteiger partial charge on any atom is 0.240 e. The van der Waals surface area contributed by atoms with Crippen LogP contribution >= 0.6 is 0 Å². The molecule has 0 radical (unpaired) electrons. The third-order valence-electron chi connectivity index (χ3n) is 6.28. The van der Waals surface area contributed by atoms with Crippen molar-refractivity contribution in [3.8, 4) is 5.75 Å². The molecule has 1 aliphatic carbocycles. The van der Waals surface area contributed by atoms with Crippen molar-refractivity contribution in [3.63, 3.8) is 0 Å². The fraction of sp³-hybridized carbons (Fsp3) is 0.429. The van der Waals surface area contributed by atoms with Gasteiger partial charge in [0.15, 0.2) is 0 Å². The standard InChI is InChI=1S/C28H34FN5O4/c1-27(2,3)16-34(4)26(36)28(10-11-28)25(35)33-19-8-6-18(7-9-19)32-24-23-21(29)14-20(38-13-12-37-5)15-22(23)30-17-31-24/h6-9,14-15,17H,10-13,16H2,1-5H3,(H,33,35)(H,30,31,32). The highest BCUT2D eigenvalue weighted by molar-refractivity contribution is 6.13. The van der Waals surface area contributed by atoms with Crippen LogP contribution < -0.4 is 15.4 Å². The summed E-state index contributed by atoms with van der Waals surface area (Å²) in [5.41, 5.74) is 0.549. The molecule has 1 saturated carbocycles. The second kappa shape index (κ2) is 10.9. The number of nitrogens with zero attached hydrogens (tertiary/aromatic N) is 3. The van der Waals surface area contributed by atoms with Gasteiger partial charge in [-0.3, -0.25) is 9.59 Å². The number of benzene rings is 2. The van der Waals surface area contributed by atoms with Gasteiger partial charge in [-0.1, -0.05) is 20.8 Å². The van der Waals surface area contributed by atoms with Crippen LogP contribution in [0, 0.1) is 16.6 Å². The van der Waals surface area contributed by atoms with Crippen molar-refractivity contribution in [2.75, 3.05) is 44.5 Å². The molecule has 1 fully saturated rings. The average Bonchev–Trinajstić information content (AvgIpc) is 3.66. The van der Waals surface area contributed by atoms with E-state index in [-0.39, 0.29) is 22.6 Å². The Morgan fingerprint density at radius 1 is 1.08 bits per heavy atom. The van der Waals surface area contributed by atoms with E-state index >= 15 is 0 Å². The number of nitrogens with one attached hydrogen (secondary N) is 2. The van der Waals surface area contributed by atoms with Gasteiger partial charge in [-0.05, 0) is 42.5 Å². The first-order chi connectivity index (χ1) is 18.0. The van der Waals surface area contributed by atoms with Crippen LogP contribution in [0.1, 0.15) is 33.6 Å². The molecule has 1 aliphatic rings. The van der Waals surface area contributed by atoms with Gasteiger partial charge in [-0.15, -0.1) is 0 Å². The minimum Gasteiger partial charge on any atom is -0.491 e.